The molecule has 1 N–H and O–H groups in total. The summed E-state index contributed by atoms with van der Waals surface area (Å²) in [6.45, 7) is 8.58. The predicted octanol–water partition coefficient (Wildman–Crippen LogP) is 4.55. The number of aromatic nitrogens is 4. The second kappa shape index (κ2) is 7.00. The zero-order valence-electron chi connectivity index (χ0n) is 16.2. The topological polar surface area (TPSA) is 58.9 Å². The van der Waals surface area contributed by atoms with E-state index in [1.165, 1.54) is 6.42 Å². The number of piperidine rings is 1. The van der Waals surface area contributed by atoms with E-state index >= 15 is 0 Å². The monoisotopic (exact) mass is 384 g/mol. The van der Waals surface area contributed by atoms with Crippen molar-refractivity contribution in [2.45, 2.75) is 27.2 Å². The van der Waals surface area contributed by atoms with Gasteiger partial charge in [0.05, 0.1) is 11.6 Å². The van der Waals surface area contributed by atoms with Crippen LogP contribution in [0.15, 0.2) is 24.4 Å². The second-order valence-electron chi connectivity index (χ2n) is 7.81. The van der Waals surface area contributed by atoms with E-state index in [1.807, 2.05) is 38.4 Å². The summed E-state index contributed by atoms with van der Waals surface area (Å²) in [7, 11) is 1.91. The summed E-state index contributed by atoms with van der Waals surface area (Å²) in [5.41, 5.74) is 2.88. The van der Waals surface area contributed by atoms with Gasteiger partial charge in [-0.15, -0.1) is 0 Å². The first-order valence-electron chi connectivity index (χ1n) is 9.38. The number of halogens is 1. The standard InChI is InChI=1S/C20H25ClN6/c1-12-7-13(2)11-27(10-12)20-24-18(16-9-22-26(4)19(16)25-20)23-17-6-5-15(21)8-14(17)3/h5-6,8-9,12-13H,7,10-11H2,1-4H3,(H,23,24,25)/t12-,13+. The molecule has 0 aliphatic carbocycles. The van der Waals surface area contributed by atoms with E-state index in [2.05, 4.69) is 29.2 Å². The number of hydrogen-bond acceptors (Lipinski definition) is 5. The Morgan fingerprint density at radius 2 is 1.89 bits per heavy atom. The molecule has 1 saturated heterocycles. The van der Waals surface area contributed by atoms with Gasteiger partial charge in [-0.2, -0.15) is 15.1 Å². The largest absolute Gasteiger partial charge is 0.340 e. The lowest BCUT2D eigenvalue weighted by Gasteiger charge is -2.35. The fourth-order valence-electron chi connectivity index (χ4n) is 3.97. The maximum atomic E-state index is 6.10. The third-order valence-electron chi connectivity index (χ3n) is 5.17. The highest BCUT2D eigenvalue weighted by atomic mass is 35.5. The van der Waals surface area contributed by atoms with Gasteiger partial charge in [0.15, 0.2) is 5.65 Å². The molecule has 2 aromatic heterocycles. The van der Waals surface area contributed by atoms with Gasteiger partial charge in [0, 0.05) is 30.8 Å². The first-order valence-corrected chi connectivity index (χ1v) is 9.76. The molecule has 3 heterocycles. The molecule has 0 unspecified atom stereocenters. The van der Waals surface area contributed by atoms with Crippen molar-refractivity contribution in [3.63, 3.8) is 0 Å². The van der Waals surface area contributed by atoms with E-state index in [9.17, 15) is 0 Å². The molecule has 3 aromatic rings. The first kappa shape index (κ1) is 18.0. The summed E-state index contributed by atoms with van der Waals surface area (Å²) < 4.78 is 1.80. The first-order chi connectivity index (χ1) is 12.9. The maximum absolute atomic E-state index is 6.10. The van der Waals surface area contributed by atoms with Crippen molar-refractivity contribution in [1.82, 2.24) is 19.7 Å². The molecule has 4 rings (SSSR count). The van der Waals surface area contributed by atoms with E-state index in [-0.39, 0.29) is 0 Å². The highest BCUT2D eigenvalue weighted by molar-refractivity contribution is 6.30. The quantitative estimate of drug-likeness (QED) is 0.717. The van der Waals surface area contributed by atoms with Crippen LogP contribution < -0.4 is 10.2 Å². The van der Waals surface area contributed by atoms with Gasteiger partial charge in [-0.3, -0.25) is 4.68 Å². The predicted molar refractivity (Wildman–Crippen MR) is 111 cm³/mol. The van der Waals surface area contributed by atoms with E-state index in [0.29, 0.717) is 11.8 Å². The Labute approximate surface area is 164 Å². The fraction of sp³-hybridized carbons (Fsp3) is 0.450. The third kappa shape index (κ3) is 3.58. The van der Waals surface area contributed by atoms with Gasteiger partial charge in [-0.05, 0) is 48.9 Å². The van der Waals surface area contributed by atoms with Crippen molar-refractivity contribution >= 4 is 40.1 Å². The Morgan fingerprint density at radius 3 is 2.59 bits per heavy atom. The minimum atomic E-state index is 0.634. The number of nitrogens with zero attached hydrogens (tertiary/aromatic N) is 5. The number of nitrogens with one attached hydrogen (secondary N) is 1. The molecule has 1 aromatic carbocycles. The third-order valence-corrected chi connectivity index (χ3v) is 5.41. The molecule has 0 spiro atoms. The molecule has 1 fully saturated rings. The molecule has 0 bridgehead atoms. The maximum Gasteiger partial charge on any atom is 0.229 e. The lowest BCUT2D eigenvalue weighted by molar-refractivity contribution is 0.354. The van der Waals surface area contributed by atoms with Gasteiger partial charge in [-0.1, -0.05) is 25.4 Å². The minimum Gasteiger partial charge on any atom is -0.340 e. The van der Waals surface area contributed by atoms with Gasteiger partial charge >= 0.3 is 0 Å². The Kier molecular flexibility index (Phi) is 4.68. The Hall–Kier alpha value is -2.34. The van der Waals surface area contributed by atoms with Crippen LogP contribution >= 0.6 is 11.6 Å². The van der Waals surface area contributed by atoms with E-state index in [0.717, 1.165) is 52.2 Å². The van der Waals surface area contributed by atoms with Gasteiger partial charge in [0.1, 0.15) is 5.82 Å². The molecule has 6 nitrogen and oxygen atoms in total. The molecule has 1 aliphatic rings. The smallest absolute Gasteiger partial charge is 0.229 e. The summed E-state index contributed by atoms with van der Waals surface area (Å²) in [4.78, 5) is 12.0. The number of fused-ring (bicyclic) bond motifs is 1. The molecular weight excluding hydrogens is 360 g/mol. The van der Waals surface area contributed by atoms with Crippen molar-refractivity contribution in [1.29, 1.82) is 0 Å². The molecule has 0 amide bonds. The Balaban J connectivity index is 1.77. The van der Waals surface area contributed by atoms with Gasteiger partial charge in [-0.25, -0.2) is 0 Å². The molecule has 7 heteroatoms. The average molecular weight is 385 g/mol. The van der Waals surface area contributed by atoms with E-state index < -0.39 is 0 Å². The summed E-state index contributed by atoms with van der Waals surface area (Å²) in [5.74, 6) is 2.81. The molecular formula is C20H25ClN6. The molecule has 27 heavy (non-hydrogen) atoms. The minimum absolute atomic E-state index is 0.634. The Morgan fingerprint density at radius 1 is 1.15 bits per heavy atom. The summed E-state index contributed by atoms with van der Waals surface area (Å²) >= 11 is 6.10. The Bertz CT molecular complexity index is 972. The summed E-state index contributed by atoms with van der Waals surface area (Å²) in [5, 5.41) is 9.49. The van der Waals surface area contributed by atoms with Crippen LogP contribution in [0.1, 0.15) is 25.8 Å². The van der Waals surface area contributed by atoms with Crippen molar-refractivity contribution in [3.8, 4) is 0 Å². The lowest BCUT2D eigenvalue weighted by atomic mass is 9.92. The van der Waals surface area contributed by atoms with E-state index in [1.54, 1.807) is 4.68 Å². The molecule has 2 atom stereocenters. The molecule has 0 radical (unpaired) electrons. The summed E-state index contributed by atoms with van der Waals surface area (Å²) in [6, 6.07) is 5.81. The highest BCUT2D eigenvalue weighted by Gasteiger charge is 2.25. The fourth-order valence-corrected chi connectivity index (χ4v) is 4.20. The van der Waals surface area contributed by atoms with Crippen LogP contribution in [0, 0.1) is 18.8 Å². The van der Waals surface area contributed by atoms with Crippen LogP contribution in [0.25, 0.3) is 11.0 Å². The van der Waals surface area contributed by atoms with Crippen molar-refractivity contribution in [2.75, 3.05) is 23.3 Å². The van der Waals surface area contributed by atoms with E-state index in [4.69, 9.17) is 21.6 Å². The van der Waals surface area contributed by atoms with Crippen molar-refractivity contribution in [2.24, 2.45) is 18.9 Å². The van der Waals surface area contributed by atoms with Crippen LogP contribution in [0.5, 0.6) is 0 Å². The normalized spacial score (nSPS) is 20.3. The van der Waals surface area contributed by atoms with Crippen molar-refractivity contribution in [3.05, 3.63) is 35.0 Å². The van der Waals surface area contributed by atoms with Crippen LogP contribution in [0.2, 0.25) is 5.02 Å². The number of aryl methyl sites for hydroxylation is 2. The van der Waals surface area contributed by atoms with Crippen LogP contribution in [-0.2, 0) is 7.05 Å². The van der Waals surface area contributed by atoms with Gasteiger partial charge in [0.25, 0.3) is 0 Å². The molecule has 142 valence electrons. The number of rotatable bonds is 3. The van der Waals surface area contributed by atoms with Crippen LogP contribution in [0.3, 0.4) is 0 Å². The van der Waals surface area contributed by atoms with Crippen molar-refractivity contribution < 1.29 is 0 Å². The second-order valence-corrected chi connectivity index (χ2v) is 8.25. The summed E-state index contributed by atoms with van der Waals surface area (Å²) in [6.07, 6.45) is 3.06. The number of benzene rings is 1. The molecule has 1 aliphatic heterocycles. The van der Waals surface area contributed by atoms with Crippen LogP contribution in [-0.4, -0.2) is 32.8 Å². The SMILES string of the molecule is Cc1cc(Cl)ccc1Nc1nc(N2C[C@H](C)C[C@H](C)C2)nc2c1cnn2C. The number of anilines is 3. The lowest BCUT2D eigenvalue weighted by Crippen LogP contribution is -2.39. The zero-order chi connectivity index (χ0) is 19.1. The van der Waals surface area contributed by atoms with Gasteiger partial charge in [0.2, 0.25) is 5.95 Å². The van der Waals surface area contributed by atoms with Crippen LogP contribution in [0.4, 0.5) is 17.5 Å². The zero-order valence-corrected chi connectivity index (χ0v) is 17.0. The molecule has 0 saturated carbocycles. The highest BCUT2D eigenvalue weighted by Crippen LogP contribution is 2.30. The van der Waals surface area contributed by atoms with Gasteiger partial charge < -0.3 is 10.2 Å². The number of hydrogen-bond donors (Lipinski definition) is 1. The average Bonchev–Trinajstić information content (AvgIpc) is 2.98.